The Bertz CT molecular complexity index is 593. The Morgan fingerprint density at radius 1 is 1.26 bits per heavy atom. The standard InChI is InChI=1S/C15H19NO2Si/c1-11-5-6-13(14(9-11)18-19(3)4)16-10-15-12(2)7-8-17-15/h5-10,19H,1-4H3/p+1. The van der Waals surface area contributed by atoms with E-state index in [2.05, 4.69) is 25.0 Å². The van der Waals surface area contributed by atoms with Crippen LogP contribution in [0.3, 0.4) is 0 Å². The molecule has 0 N–H and O–H groups in total. The molecule has 2 aromatic rings. The summed E-state index contributed by atoms with van der Waals surface area (Å²) in [5.74, 6) is 1.65. The number of aryl methyl sites for hydroxylation is 2. The summed E-state index contributed by atoms with van der Waals surface area (Å²) >= 11 is 0. The van der Waals surface area contributed by atoms with E-state index in [4.69, 9.17) is 8.84 Å². The second-order valence-corrected chi connectivity index (χ2v) is 7.20. The molecule has 0 saturated heterocycles. The molecule has 3 nitrogen and oxygen atoms in total. The number of rotatable bonds is 4. The summed E-state index contributed by atoms with van der Waals surface area (Å²) in [4.78, 5) is 4.48. The fourth-order valence-corrected chi connectivity index (χ4v) is 2.42. The van der Waals surface area contributed by atoms with Crippen LogP contribution in [0.25, 0.3) is 0 Å². The second-order valence-electron chi connectivity index (χ2n) is 4.86. The first-order valence-electron chi connectivity index (χ1n) is 6.41. The highest BCUT2D eigenvalue weighted by Crippen LogP contribution is 2.29. The summed E-state index contributed by atoms with van der Waals surface area (Å²) in [5.41, 5.74) is 3.11. The number of hydrogen-bond acceptors (Lipinski definition) is 3. The van der Waals surface area contributed by atoms with E-state index in [-0.39, 0.29) is 1.43 Å². The van der Waals surface area contributed by atoms with Crippen molar-refractivity contribution in [1.82, 2.24) is 0 Å². The molecule has 0 amide bonds. The van der Waals surface area contributed by atoms with E-state index >= 15 is 0 Å². The molecule has 19 heavy (non-hydrogen) atoms. The molecule has 1 aromatic carbocycles. The summed E-state index contributed by atoms with van der Waals surface area (Å²) in [7, 11) is -1.14. The normalized spacial score (nSPS) is 11.4. The maximum Gasteiger partial charge on any atom is 1.00 e. The fourth-order valence-electron chi connectivity index (χ4n) is 1.72. The molecule has 1 aromatic heterocycles. The van der Waals surface area contributed by atoms with Crippen LogP contribution in [0.2, 0.25) is 13.1 Å². The highest BCUT2D eigenvalue weighted by Gasteiger charge is 2.06. The molecule has 1 heterocycles. The molecule has 0 saturated carbocycles. The maximum absolute atomic E-state index is 5.92. The topological polar surface area (TPSA) is 34.7 Å². The lowest BCUT2D eigenvalue weighted by Gasteiger charge is -2.12. The van der Waals surface area contributed by atoms with Gasteiger partial charge in [0.15, 0.2) is 0 Å². The molecule has 0 aliphatic carbocycles. The Labute approximate surface area is 117 Å². The lowest BCUT2D eigenvalue weighted by atomic mass is 10.2. The molecule has 0 aliphatic heterocycles. The average molecular weight is 274 g/mol. The Hall–Kier alpha value is -1.81. The van der Waals surface area contributed by atoms with Crippen LogP contribution >= 0.6 is 0 Å². The minimum Gasteiger partial charge on any atom is -0.546 e. The molecule has 4 heteroatoms. The number of aliphatic imine (C=N–C) groups is 1. The highest BCUT2D eigenvalue weighted by molar-refractivity contribution is 6.49. The Morgan fingerprint density at radius 2 is 2.05 bits per heavy atom. The predicted molar refractivity (Wildman–Crippen MR) is 82.5 cm³/mol. The Balaban J connectivity index is 0.00000200. The molecule has 0 atom stereocenters. The van der Waals surface area contributed by atoms with Gasteiger partial charge in [0, 0.05) is 0 Å². The van der Waals surface area contributed by atoms with Crippen molar-refractivity contribution < 1.29 is 10.3 Å². The van der Waals surface area contributed by atoms with Gasteiger partial charge in [0.2, 0.25) is 9.04 Å². The maximum atomic E-state index is 5.92. The third-order valence-electron chi connectivity index (χ3n) is 2.70. The van der Waals surface area contributed by atoms with Gasteiger partial charge >= 0.3 is 1.43 Å². The van der Waals surface area contributed by atoms with Crippen LogP contribution in [0.4, 0.5) is 5.69 Å². The quantitative estimate of drug-likeness (QED) is 0.621. The van der Waals surface area contributed by atoms with Crippen LogP contribution in [0.5, 0.6) is 5.75 Å². The predicted octanol–water partition coefficient (Wildman–Crippen LogP) is 4.12. The molecule has 0 unspecified atom stereocenters. The van der Waals surface area contributed by atoms with Crippen molar-refractivity contribution >= 4 is 20.9 Å². The number of nitrogens with zero attached hydrogens (tertiary/aromatic N) is 1. The number of hydrogen-bond donors (Lipinski definition) is 0. The lowest BCUT2D eigenvalue weighted by Crippen LogP contribution is -2.11. The average Bonchev–Trinajstić information content (AvgIpc) is 2.73. The summed E-state index contributed by atoms with van der Waals surface area (Å²) in [6.45, 7) is 8.34. The minimum atomic E-state index is -1.14. The van der Waals surface area contributed by atoms with Crippen LogP contribution in [-0.4, -0.2) is 15.3 Å². The van der Waals surface area contributed by atoms with Gasteiger partial charge in [0.05, 0.1) is 12.5 Å². The van der Waals surface area contributed by atoms with E-state index in [1.165, 1.54) is 5.56 Å². The zero-order valence-corrected chi connectivity index (χ0v) is 13.0. The summed E-state index contributed by atoms with van der Waals surface area (Å²) < 4.78 is 11.3. The molecule has 0 spiro atoms. The van der Waals surface area contributed by atoms with Gasteiger partial charge in [-0.05, 0) is 56.3 Å². The van der Waals surface area contributed by atoms with Crippen molar-refractivity contribution in [2.45, 2.75) is 26.9 Å². The second kappa shape index (κ2) is 5.89. The summed E-state index contributed by atoms with van der Waals surface area (Å²) in [5, 5.41) is 0. The number of furan rings is 1. The summed E-state index contributed by atoms with van der Waals surface area (Å²) in [6, 6.07) is 7.98. The Kier molecular flexibility index (Phi) is 4.22. The zero-order chi connectivity index (χ0) is 13.8. The van der Waals surface area contributed by atoms with Crippen molar-refractivity contribution in [2.24, 2.45) is 4.99 Å². The first kappa shape index (κ1) is 13.6. The Morgan fingerprint density at radius 3 is 2.68 bits per heavy atom. The van der Waals surface area contributed by atoms with Crippen molar-refractivity contribution in [3.8, 4) is 5.75 Å². The smallest absolute Gasteiger partial charge is 0.546 e. The SMILES string of the molecule is Cc1ccc(N=Cc2occc2C)c(O[SiH](C)C)c1.[H+]. The molecule has 0 fully saturated rings. The minimum absolute atomic E-state index is 0. The number of benzene rings is 1. The monoisotopic (exact) mass is 274 g/mol. The van der Waals surface area contributed by atoms with Gasteiger partial charge < -0.3 is 8.84 Å². The van der Waals surface area contributed by atoms with Crippen LogP contribution in [-0.2, 0) is 0 Å². The molecular formula is C15H20NO2Si+. The van der Waals surface area contributed by atoms with Crippen LogP contribution in [0.1, 0.15) is 18.3 Å². The van der Waals surface area contributed by atoms with Gasteiger partial charge in [-0.3, -0.25) is 0 Å². The van der Waals surface area contributed by atoms with Crippen LogP contribution in [0.15, 0.2) is 39.9 Å². The molecular weight excluding hydrogens is 254 g/mol. The third-order valence-corrected chi connectivity index (χ3v) is 3.43. The molecule has 0 radical (unpaired) electrons. The first-order valence-corrected chi connectivity index (χ1v) is 9.20. The molecule has 100 valence electrons. The summed E-state index contributed by atoms with van der Waals surface area (Å²) in [6.07, 6.45) is 3.42. The van der Waals surface area contributed by atoms with E-state index < -0.39 is 9.04 Å². The van der Waals surface area contributed by atoms with Crippen molar-refractivity contribution in [3.05, 3.63) is 47.4 Å². The van der Waals surface area contributed by atoms with E-state index in [1.54, 1.807) is 12.5 Å². The van der Waals surface area contributed by atoms with Crippen LogP contribution < -0.4 is 4.43 Å². The van der Waals surface area contributed by atoms with Crippen LogP contribution in [0, 0.1) is 13.8 Å². The van der Waals surface area contributed by atoms with E-state index in [9.17, 15) is 0 Å². The van der Waals surface area contributed by atoms with E-state index in [0.717, 1.165) is 22.8 Å². The van der Waals surface area contributed by atoms with Gasteiger partial charge in [0.1, 0.15) is 17.2 Å². The van der Waals surface area contributed by atoms with E-state index in [1.807, 2.05) is 31.2 Å². The fraction of sp³-hybridized carbons (Fsp3) is 0.267. The third kappa shape index (κ3) is 3.58. The van der Waals surface area contributed by atoms with Crippen molar-refractivity contribution in [1.29, 1.82) is 0 Å². The van der Waals surface area contributed by atoms with Crippen molar-refractivity contribution in [2.75, 3.05) is 0 Å². The largest absolute Gasteiger partial charge is 1.00 e. The molecule has 0 bridgehead atoms. The molecule has 0 aliphatic rings. The molecule has 2 rings (SSSR count). The zero-order valence-electron chi connectivity index (χ0n) is 12.8. The van der Waals surface area contributed by atoms with Gasteiger partial charge in [-0.2, -0.15) is 0 Å². The van der Waals surface area contributed by atoms with Gasteiger partial charge in [-0.25, -0.2) is 4.99 Å². The van der Waals surface area contributed by atoms with Crippen molar-refractivity contribution in [3.63, 3.8) is 0 Å². The lowest BCUT2D eigenvalue weighted by molar-refractivity contribution is 0.558. The van der Waals surface area contributed by atoms with Gasteiger partial charge in [-0.15, -0.1) is 0 Å². The highest BCUT2D eigenvalue weighted by atomic mass is 28.3. The first-order chi connectivity index (χ1) is 9.06. The van der Waals surface area contributed by atoms with Gasteiger partial charge in [-0.1, -0.05) is 6.07 Å². The van der Waals surface area contributed by atoms with Gasteiger partial charge in [0.25, 0.3) is 0 Å². The van der Waals surface area contributed by atoms with E-state index in [0.29, 0.717) is 0 Å².